The van der Waals surface area contributed by atoms with Crippen LogP contribution in [0.1, 0.15) is 11.1 Å². The third-order valence-electron chi connectivity index (χ3n) is 2.92. The van der Waals surface area contributed by atoms with Crippen molar-refractivity contribution < 1.29 is 9.18 Å². The molecule has 2 aromatic rings. The van der Waals surface area contributed by atoms with Crippen LogP contribution in [0.5, 0.6) is 0 Å². The average Bonchev–Trinajstić information content (AvgIpc) is 2.66. The summed E-state index contributed by atoms with van der Waals surface area (Å²) in [5.74, 6) is -0.541. The fourth-order valence-electron chi connectivity index (χ4n) is 2.07. The molecular weight excluding hydrogens is 265 g/mol. The monoisotopic (exact) mass is 273 g/mol. The molecule has 0 spiro atoms. The topological polar surface area (TPSA) is 29.1 Å². The van der Waals surface area contributed by atoms with Gasteiger partial charge in [0, 0.05) is 21.8 Å². The SMILES string of the molecule is O=C1Nc2ccc(Cl)cc2C1=Cc1cccc(F)c1. The Hall–Kier alpha value is -2.13. The first-order valence-corrected chi connectivity index (χ1v) is 6.10. The first kappa shape index (κ1) is 11.9. The Morgan fingerprint density at radius 3 is 2.79 bits per heavy atom. The van der Waals surface area contributed by atoms with Gasteiger partial charge in [-0.15, -0.1) is 0 Å². The molecule has 0 fully saturated rings. The summed E-state index contributed by atoms with van der Waals surface area (Å²) in [6.45, 7) is 0. The van der Waals surface area contributed by atoms with Crippen molar-refractivity contribution in [3.05, 3.63) is 64.4 Å². The number of rotatable bonds is 1. The third-order valence-corrected chi connectivity index (χ3v) is 3.16. The minimum absolute atomic E-state index is 0.207. The molecule has 1 aliphatic heterocycles. The molecule has 1 amide bonds. The summed E-state index contributed by atoms with van der Waals surface area (Å²) < 4.78 is 13.1. The van der Waals surface area contributed by atoms with Crippen molar-refractivity contribution in [2.45, 2.75) is 0 Å². The molecule has 0 radical (unpaired) electrons. The van der Waals surface area contributed by atoms with E-state index < -0.39 is 0 Å². The number of nitrogens with one attached hydrogen (secondary N) is 1. The fourth-order valence-corrected chi connectivity index (χ4v) is 2.24. The molecule has 1 heterocycles. The van der Waals surface area contributed by atoms with E-state index in [4.69, 9.17) is 11.6 Å². The molecule has 4 heteroatoms. The lowest BCUT2D eigenvalue weighted by Crippen LogP contribution is -2.03. The Morgan fingerprint density at radius 1 is 1.16 bits per heavy atom. The molecule has 2 nitrogen and oxygen atoms in total. The summed E-state index contributed by atoms with van der Waals surface area (Å²) in [5.41, 5.74) is 2.58. The molecule has 0 saturated heterocycles. The van der Waals surface area contributed by atoms with Gasteiger partial charge in [0.2, 0.25) is 0 Å². The number of amides is 1. The molecular formula is C15H9ClFNO. The number of halogens is 2. The number of benzene rings is 2. The highest BCUT2D eigenvalue weighted by molar-refractivity contribution is 6.36. The lowest BCUT2D eigenvalue weighted by molar-refractivity contribution is -0.110. The van der Waals surface area contributed by atoms with Gasteiger partial charge < -0.3 is 5.32 Å². The van der Waals surface area contributed by atoms with Gasteiger partial charge in [0.15, 0.2) is 0 Å². The zero-order valence-electron chi connectivity index (χ0n) is 9.78. The molecule has 3 rings (SSSR count). The molecule has 0 unspecified atom stereocenters. The molecule has 94 valence electrons. The second kappa shape index (κ2) is 4.52. The highest BCUT2D eigenvalue weighted by atomic mass is 35.5. The van der Waals surface area contributed by atoms with E-state index in [9.17, 15) is 9.18 Å². The predicted octanol–water partition coefficient (Wildman–Crippen LogP) is 3.97. The van der Waals surface area contributed by atoms with Crippen LogP contribution >= 0.6 is 11.6 Å². The van der Waals surface area contributed by atoms with Crippen LogP contribution in [0.4, 0.5) is 10.1 Å². The van der Waals surface area contributed by atoms with Crippen LogP contribution in [0, 0.1) is 5.82 Å². The summed E-state index contributed by atoms with van der Waals surface area (Å²) in [4.78, 5) is 11.9. The molecule has 1 aliphatic rings. The number of hydrogen-bond donors (Lipinski definition) is 1. The Morgan fingerprint density at radius 2 is 2.00 bits per heavy atom. The van der Waals surface area contributed by atoms with E-state index in [0.717, 1.165) is 11.3 Å². The second-order valence-electron chi connectivity index (χ2n) is 4.26. The number of hydrogen-bond acceptors (Lipinski definition) is 1. The van der Waals surface area contributed by atoms with Gasteiger partial charge in [-0.2, -0.15) is 0 Å². The maximum Gasteiger partial charge on any atom is 0.256 e. The molecule has 0 saturated carbocycles. The van der Waals surface area contributed by atoms with E-state index in [1.807, 2.05) is 0 Å². The van der Waals surface area contributed by atoms with E-state index in [0.29, 0.717) is 16.2 Å². The summed E-state index contributed by atoms with van der Waals surface area (Å²) >= 11 is 5.94. The average molecular weight is 274 g/mol. The Balaban J connectivity index is 2.11. The van der Waals surface area contributed by atoms with Crippen molar-refractivity contribution in [2.75, 3.05) is 5.32 Å². The van der Waals surface area contributed by atoms with Crippen LogP contribution in [-0.2, 0) is 4.79 Å². The van der Waals surface area contributed by atoms with Gasteiger partial charge in [0.1, 0.15) is 5.82 Å². The third kappa shape index (κ3) is 2.25. The summed E-state index contributed by atoms with van der Waals surface area (Å²) in [6.07, 6.45) is 1.65. The fraction of sp³-hybridized carbons (Fsp3) is 0. The predicted molar refractivity (Wildman–Crippen MR) is 74.4 cm³/mol. The van der Waals surface area contributed by atoms with Gasteiger partial charge in [-0.1, -0.05) is 23.7 Å². The maximum atomic E-state index is 13.1. The van der Waals surface area contributed by atoms with Gasteiger partial charge in [-0.25, -0.2) is 4.39 Å². The van der Waals surface area contributed by atoms with Gasteiger partial charge in [-0.3, -0.25) is 4.79 Å². The van der Waals surface area contributed by atoms with E-state index in [1.165, 1.54) is 12.1 Å². The van der Waals surface area contributed by atoms with Crippen LogP contribution in [0.15, 0.2) is 42.5 Å². The molecule has 0 aromatic heterocycles. The van der Waals surface area contributed by atoms with Crippen molar-refractivity contribution >= 4 is 34.8 Å². The zero-order chi connectivity index (χ0) is 13.4. The maximum absolute atomic E-state index is 13.1. The van der Waals surface area contributed by atoms with E-state index in [2.05, 4.69) is 5.32 Å². The highest BCUT2D eigenvalue weighted by Gasteiger charge is 2.24. The Labute approximate surface area is 114 Å². The molecule has 2 aromatic carbocycles. The van der Waals surface area contributed by atoms with Crippen molar-refractivity contribution in [1.82, 2.24) is 0 Å². The van der Waals surface area contributed by atoms with Gasteiger partial charge in [0.25, 0.3) is 5.91 Å². The van der Waals surface area contributed by atoms with E-state index in [1.54, 1.807) is 36.4 Å². The highest BCUT2D eigenvalue weighted by Crippen LogP contribution is 2.34. The molecule has 0 aliphatic carbocycles. The van der Waals surface area contributed by atoms with Crippen molar-refractivity contribution in [3.8, 4) is 0 Å². The minimum atomic E-state index is -0.334. The first-order chi connectivity index (χ1) is 9.13. The van der Waals surface area contributed by atoms with Gasteiger partial charge in [-0.05, 0) is 42.0 Å². The van der Waals surface area contributed by atoms with Crippen molar-refractivity contribution in [3.63, 3.8) is 0 Å². The summed E-state index contributed by atoms with van der Waals surface area (Å²) in [7, 11) is 0. The first-order valence-electron chi connectivity index (χ1n) is 5.72. The molecule has 0 atom stereocenters. The van der Waals surface area contributed by atoms with Crippen LogP contribution in [0.25, 0.3) is 11.6 Å². The zero-order valence-corrected chi connectivity index (χ0v) is 10.5. The quantitative estimate of drug-likeness (QED) is 0.783. The normalized spacial score (nSPS) is 15.5. The Bertz CT molecular complexity index is 709. The molecule has 1 N–H and O–H groups in total. The standard InChI is InChI=1S/C15H9ClFNO/c16-10-4-5-14-12(8-10)13(15(19)18-14)7-9-2-1-3-11(17)6-9/h1-8H,(H,18,19). The molecule has 0 bridgehead atoms. The van der Waals surface area contributed by atoms with E-state index >= 15 is 0 Å². The summed E-state index contributed by atoms with van der Waals surface area (Å²) in [6, 6.07) is 11.3. The number of fused-ring (bicyclic) bond motifs is 1. The second-order valence-corrected chi connectivity index (χ2v) is 4.69. The summed E-state index contributed by atoms with van der Waals surface area (Å²) in [5, 5.41) is 3.31. The number of carbonyl (C=O) groups is 1. The minimum Gasteiger partial charge on any atom is -0.321 e. The number of carbonyl (C=O) groups excluding carboxylic acids is 1. The lowest BCUT2D eigenvalue weighted by atomic mass is 10.0. The van der Waals surface area contributed by atoms with Gasteiger partial charge in [0.05, 0.1) is 0 Å². The van der Waals surface area contributed by atoms with Crippen LogP contribution in [0.3, 0.4) is 0 Å². The Kier molecular flexibility index (Phi) is 2.84. The number of anilines is 1. The smallest absolute Gasteiger partial charge is 0.256 e. The lowest BCUT2D eigenvalue weighted by Gasteiger charge is -1.99. The van der Waals surface area contributed by atoms with Gasteiger partial charge >= 0.3 is 0 Å². The van der Waals surface area contributed by atoms with Crippen LogP contribution < -0.4 is 5.32 Å². The molecule has 19 heavy (non-hydrogen) atoms. The van der Waals surface area contributed by atoms with Crippen molar-refractivity contribution in [1.29, 1.82) is 0 Å². The van der Waals surface area contributed by atoms with Crippen LogP contribution in [-0.4, -0.2) is 5.91 Å². The van der Waals surface area contributed by atoms with E-state index in [-0.39, 0.29) is 11.7 Å². The van der Waals surface area contributed by atoms with Crippen LogP contribution in [0.2, 0.25) is 5.02 Å². The largest absolute Gasteiger partial charge is 0.321 e. The van der Waals surface area contributed by atoms with Crippen molar-refractivity contribution in [2.24, 2.45) is 0 Å².